The second kappa shape index (κ2) is 6.20. The number of benzene rings is 1. The third-order valence-corrected chi connectivity index (χ3v) is 3.98. The van der Waals surface area contributed by atoms with Gasteiger partial charge in [0.15, 0.2) is 5.82 Å². The molecule has 0 aromatic heterocycles. The lowest BCUT2D eigenvalue weighted by Crippen LogP contribution is -2.40. The molecule has 0 spiro atoms. The molecular weight excluding hydrogens is 341 g/mol. The second-order valence-corrected chi connectivity index (χ2v) is 6.18. The summed E-state index contributed by atoms with van der Waals surface area (Å²) in [4.78, 5) is 10.6. The molecule has 0 aliphatic rings. The van der Waals surface area contributed by atoms with Crippen LogP contribution in [0.2, 0.25) is 0 Å². The van der Waals surface area contributed by atoms with Crippen molar-refractivity contribution in [1.29, 1.82) is 0 Å². The number of nitrogen functional groups attached to an aromatic ring is 1. The number of carbonyl (C=O) groups excluding carboxylic acids is 1. The first-order valence-corrected chi connectivity index (χ1v) is 7.60. The average Bonchev–Trinajstić information content (AvgIpc) is 2.30. The van der Waals surface area contributed by atoms with E-state index in [-0.39, 0.29) is 10.2 Å². The van der Waals surface area contributed by atoms with Gasteiger partial charge in [0.1, 0.15) is 4.90 Å². The first-order valence-electron chi connectivity index (χ1n) is 5.33. The summed E-state index contributed by atoms with van der Waals surface area (Å²) in [5.41, 5.74) is 5.50. The molecule has 0 saturated heterocycles. The molecule has 19 heavy (non-hydrogen) atoms. The van der Waals surface area contributed by atoms with Gasteiger partial charge >= 0.3 is 6.03 Å². The molecule has 9 heteroatoms. The maximum Gasteiger partial charge on any atom is 0.328 e. The Hall–Kier alpha value is -1.35. The molecule has 0 aliphatic heterocycles. The minimum absolute atomic E-state index is 0.0580. The maximum absolute atomic E-state index is 13.7. The Morgan fingerprint density at radius 1 is 1.47 bits per heavy atom. The predicted molar refractivity (Wildman–Crippen MR) is 72.5 cm³/mol. The zero-order valence-corrected chi connectivity index (χ0v) is 12.4. The summed E-state index contributed by atoms with van der Waals surface area (Å²) in [7, 11) is -4.31. The van der Waals surface area contributed by atoms with Crippen molar-refractivity contribution >= 4 is 37.7 Å². The van der Waals surface area contributed by atoms with Gasteiger partial charge in [-0.15, -0.1) is 0 Å². The largest absolute Gasteiger partial charge is 0.399 e. The normalized spacial score (nSPS) is 11.1. The highest BCUT2D eigenvalue weighted by Gasteiger charge is 2.23. The summed E-state index contributed by atoms with van der Waals surface area (Å²) in [6.07, 6.45) is 0.645. The van der Waals surface area contributed by atoms with E-state index in [0.29, 0.717) is 13.0 Å². The van der Waals surface area contributed by atoms with Crippen LogP contribution in [0.5, 0.6) is 0 Å². The Kier molecular flexibility index (Phi) is 5.12. The first-order chi connectivity index (χ1) is 8.77. The molecule has 0 saturated carbocycles. The number of nitrogens with two attached hydrogens (primary N) is 1. The van der Waals surface area contributed by atoms with Gasteiger partial charge in [0, 0.05) is 12.2 Å². The lowest BCUT2D eigenvalue weighted by atomic mass is 10.3. The highest BCUT2D eigenvalue weighted by atomic mass is 79.9. The van der Waals surface area contributed by atoms with Crippen molar-refractivity contribution in [3.63, 3.8) is 0 Å². The molecule has 106 valence electrons. The van der Waals surface area contributed by atoms with Gasteiger partial charge in [-0.1, -0.05) is 6.92 Å². The van der Waals surface area contributed by atoms with Crippen molar-refractivity contribution in [2.75, 3.05) is 12.3 Å². The molecule has 0 aliphatic carbocycles. The molecular formula is C10H13BrFN3O3S. The van der Waals surface area contributed by atoms with Crippen molar-refractivity contribution in [2.45, 2.75) is 18.2 Å². The number of hydrogen-bond acceptors (Lipinski definition) is 4. The summed E-state index contributed by atoms with van der Waals surface area (Å²) >= 11 is 2.85. The molecule has 4 N–H and O–H groups in total. The summed E-state index contributed by atoms with van der Waals surface area (Å²) in [6.45, 7) is 2.12. The van der Waals surface area contributed by atoms with Crippen LogP contribution in [0, 0.1) is 5.82 Å². The third kappa shape index (κ3) is 4.06. The smallest absolute Gasteiger partial charge is 0.328 e. The molecule has 6 nitrogen and oxygen atoms in total. The minimum atomic E-state index is -4.31. The SMILES string of the molecule is CCCNC(=O)NS(=O)(=O)c1cc(N)cc(Br)c1F. The molecule has 0 radical (unpaired) electrons. The molecule has 1 aromatic carbocycles. The monoisotopic (exact) mass is 353 g/mol. The molecule has 0 bridgehead atoms. The van der Waals surface area contributed by atoms with Crippen LogP contribution in [-0.2, 0) is 10.0 Å². The quantitative estimate of drug-likeness (QED) is 0.715. The Morgan fingerprint density at radius 3 is 2.68 bits per heavy atom. The topological polar surface area (TPSA) is 101 Å². The Bertz CT molecular complexity index is 592. The van der Waals surface area contributed by atoms with Crippen LogP contribution < -0.4 is 15.8 Å². The Morgan fingerprint density at radius 2 is 2.11 bits per heavy atom. The molecule has 1 aromatic rings. The number of nitrogens with one attached hydrogen (secondary N) is 2. The summed E-state index contributed by atoms with van der Waals surface area (Å²) in [6, 6.07) is 1.25. The molecule has 0 heterocycles. The highest BCUT2D eigenvalue weighted by Crippen LogP contribution is 2.25. The van der Waals surface area contributed by atoms with E-state index in [1.165, 1.54) is 6.07 Å². The van der Waals surface area contributed by atoms with Gasteiger partial charge < -0.3 is 11.1 Å². The fourth-order valence-electron chi connectivity index (χ4n) is 1.23. The molecule has 0 unspecified atom stereocenters. The van der Waals surface area contributed by atoms with E-state index in [1.54, 1.807) is 4.72 Å². The van der Waals surface area contributed by atoms with Crippen molar-refractivity contribution in [3.05, 3.63) is 22.4 Å². The third-order valence-electron chi connectivity index (χ3n) is 2.07. The van der Waals surface area contributed by atoms with Crippen molar-refractivity contribution in [1.82, 2.24) is 10.0 Å². The Labute approximate surface area is 118 Å². The number of halogens is 2. The van der Waals surface area contributed by atoms with Crippen molar-refractivity contribution in [3.8, 4) is 0 Å². The van der Waals surface area contributed by atoms with Gasteiger partial charge in [-0.25, -0.2) is 22.3 Å². The first kappa shape index (κ1) is 15.7. The second-order valence-electron chi connectivity index (χ2n) is 3.68. The van der Waals surface area contributed by atoms with Crippen LogP contribution >= 0.6 is 15.9 Å². The van der Waals surface area contributed by atoms with Gasteiger partial charge in [-0.2, -0.15) is 0 Å². The average molecular weight is 354 g/mol. The summed E-state index contributed by atoms with van der Waals surface area (Å²) in [5, 5.41) is 2.31. The van der Waals surface area contributed by atoms with Crippen LogP contribution in [-0.4, -0.2) is 21.0 Å². The predicted octanol–water partition coefficient (Wildman–Crippen LogP) is 1.57. The van der Waals surface area contributed by atoms with Crippen molar-refractivity contribution in [2.24, 2.45) is 0 Å². The van der Waals surface area contributed by atoms with E-state index in [2.05, 4.69) is 21.2 Å². The number of amides is 2. The zero-order valence-electron chi connectivity index (χ0n) is 10.0. The van der Waals surface area contributed by atoms with E-state index >= 15 is 0 Å². The zero-order chi connectivity index (χ0) is 14.6. The van der Waals surface area contributed by atoms with E-state index in [9.17, 15) is 17.6 Å². The fourth-order valence-corrected chi connectivity index (χ4v) is 2.90. The summed E-state index contributed by atoms with van der Waals surface area (Å²) in [5.74, 6) is -1.01. The number of rotatable bonds is 4. The number of urea groups is 1. The van der Waals surface area contributed by atoms with Gasteiger partial charge in [0.2, 0.25) is 0 Å². The van der Waals surface area contributed by atoms with Crippen LogP contribution in [0.4, 0.5) is 14.9 Å². The Balaban J connectivity index is 3.04. The number of sulfonamides is 1. The van der Waals surface area contributed by atoms with Crippen molar-refractivity contribution < 1.29 is 17.6 Å². The van der Waals surface area contributed by atoms with Gasteiger partial charge in [-0.05, 0) is 34.5 Å². The van der Waals surface area contributed by atoms with Gasteiger partial charge in [-0.3, -0.25) is 0 Å². The van der Waals surface area contributed by atoms with E-state index in [0.717, 1.165) is 6.07 Å². The van der Waals surface area contributed by atoms with E-state index < -0.39 is 26.8 Å². The fraction of sp³-hybridized carbons (Fsp3) is 0.300. The summed E-state index contributed by atoms with van der Waals surface area (Å²) < 4.78 is 39.0. The lowest BCUT2D eigenvalue weighted by molar-refractivity contribution is 0.246. The van der Waals surface area contributed by atoms with E-state index in [1.807, 2.05) is 6.92 Å². The number of hydrogen-bond donors (Lipinski definition) is 3. The molecule has 0 fully saturated rings. The van der Waals surface area contributed by atoms with Crippen LogP contribution in [0.1, 0.15) is 13.3 Å². The number of carbonyl (C=O) groups is 1. The maximum atomic E-state index is 13.7. The molecule has 0 atom stereocenters. The van der Waals surface area contributed by atoms with Gasteiger partial charge in [0.05, 0.1) is 4.47 Å². The van der Waals surface area contributed by atoms with Crippen LogP contribution in [0.25, 0.3) is 0 Å². The molecule has 2 amide bonds. The number of anilines is 1. The van der Waals surface area contributed by atoms with Crippen LogP contribution in [0.3, 0.4) is 0 Å². The van der Waals surface area contributed by atoms with E-state index in [4.69, 9.17) is 5.73 Å². The van der Waals surface area contributed by atoms with Gasteiger partial charge in [0.25, 0.3) is 10.0 Å². The molecule has 1 rings (SSSR count). The standard InChI is InChI=1S/C10H13BrFN3O3S/c1-2-3-14-10(16)15-19(17,18)8-5-6(13)4-7(11)9(8)12/h4-5H,2-3,13H2,1H3,(H2,14,15,16). The van der Waals surface area contributed by atoms with Crippen LogP contribution in [0.15, 0.2) is 21.5 Å². The highest BCUT2D eigenvalue weighted by molar-refractivity contribution is 9.10. The lowest BCUT2D eigenvalue weighted by Gasteiger charge is -2.10. The minimum Gasteiger partial charge on any atom is -0.399 e.